The molecule has 0 heterocycles. The maximum atomic E-state index is 13.1. The van der Waals surface area contributed by atoms with Gasteiger partial charge in [-0.2, -0.15) is 0 Å². The van der Waals surface area contributed by atoms with Crippen LogP contribution in [0.1, 0.15) is 11.6 Å². The number of halogens is 5. The average Bonchev–Trinajstić information content (AvgIpc) is 2.20. The van der Waals surface area contributed by atoms with Crippen molar-refractivity contribution in [3.8, 4) is 0 Å². The highest BCUT2D eigenvalue weighted by Gasteiger charge is 2.38. The van der Waals surface area contributed by atoms with Gasteiger partial charge in [0.1, 0.15) is 6.61 Å². The first-order chi connectivity index (χ1) is 6.88. The normalized spacial score (nSPS) is 13.1. The minimum Gasteiger partial charge on any atom is -0.390 e. The molecule has 0 unspecified atom stereocenters. The predicted molar refractivity (Wildman–Crippen MR) is 65.4 cm³/mol. The molecular formula is C9H10BrCl2F2NO. The molecule has 0 aliphatic carbocycles. The van der Waals surface area contributed by atoms with Gasteiger partial charge in [0.15, 0.2) is 0 Å². The minimum atomic E-state index is -3.37. The summed E-state index contributed by atoms with van der Waals surface area (Å²) in [5.74, 6) is -3.37. The summed E-state index contributed by atoms with van der Waals surface area (Å²) < 4.78 is 26.6. The van der Waals surface area contributed by atoms with Crippen LogP contribution in [0.2, 0.25) is 5.02 Å². The highest BCUT2D eigenvalue weighted by molar-refractivity contribution is 9.10. The molecule has 3 N–H and O–H groups in total. The fraction of sp³-hybridized carbons (Fsp3) is 0.333. The van der Waals surface area contributed by atoms with Crippen molar-refractivity contribution in [1.82, 2.24) is 0 Å². The Morgan fingerprint density at radius 2 is 2.06 bits per heavy atom. The maximum absolute atomic E-state index is 13.1. The molecule has 0 radical (unpaired) electrons. The molecule has 0 bridgehead atoms. The standard InChI is InChI=1S/C9H9BrClF2NO.ClH/c10-7-2-1-5(11)3-6(7)8(14)9(12,13)4-15;/h1-3,8,15H,4,14H2;1H/t8-;/m0./s1. The quantitative estimate of drug-likeness (QED) is 0.890. The fourth-order valence-electron chi connectivity index (χ4n) is 1.08. The summed E-state index contributed by atoms with van der Waals surface area (Å²) >= 11 is 8.77. The molecule has 2 nitrogen and oxygen atoms in total. The number of hydrogen-bond acceptors (Lipinski definition) is 2. The first-order valence-electron chi connectivity index (χ1n) is 4.07. The van der Waals surface area contributed by atoms with Gasteiger partial charge in [-0.25, -0.2) is 8.78 Å². The molecule has 1 aromatic carbocycles. The van der Waals surface area contributed by atoms with Crippen molar-refractivity contribution in [3.05, 3.63) is 33.3 Å². The molecule has 1 aromatic rings. The molecule has 0 saturated carbocycles. The molecule has 0 amide bonds. The van der Waals surface area contributed by atoms with Crippen LogP contribution in [0.15, 0.2) is 22.7 Å². The Kier molecular flexibility index (Phi) is 6.14. The fourth-order valence-corrected chi connectivity index (χ4v) is 1.75. The van der Waals surface area contributed by atoms with E-state index in [4.69, 9.17) is 22.4 Å². The maximum Gasteiger partial charge on any atom is 0.289 e. The van der Waals surface area contributed by atoms with Crippen LogP contribution < -0.4 is 5.73 Å². The van der Waals surface area contributed by atoms with Gasteiger partial charge in [-0.15, -0.1) is 12.4 Å². The van der Waals surface area contributed by atoms with Crippen molar-refractivity contribution >= 4 is 39.9 Å². The lowest BCUT2D eigenvalue weighted by Gasteiger charge is -2.22. The summed E-state index contributed by atoms with van der Waals surface area (Å²) in [4.78, 5) is 0. The van der Waals surface area contributed by atoms with Crippen LogP contribution in [0.5, 0.6) is 0 Å². The lowest BCUT2D eigenvalue weighted by atomic mass is 10.0. The SMILES string of the molecule is Cl.N[C@@H](c1cc(Cl)ccc1Br)C(F)(F)CO. The number of benzene rings is 1. The first-order valence-corrected chi connectivity index (χ1v) is 5.25. The summed E-state index contributed by atoms with van der Waals surface area (Å²) in [6.45, 7) is -1.30. The van der Waals surface area contributed by atoms with Crippen LogP contribution in [0.25, 0.3) is 0 Å². The Balaban J connectivity index is 0.00000225. The molecule has 0 aromatic heterocycles. The third-order valence-electron chi connectivity index (χ3n) is 1.96. The van der Waals surface area contributed by atoms with E-state index in [2.05, 4.69) is 15.9 Å². The van der Waals surface area contributed by atoms with Gasteiger partial charge in [0.2, 0.25) is 0 Å². The summed E-state index contributed by atoms with van der Waals surface area (Å²) in [5, 5.41) is 8.82. The second-order valence-electron chi connectivity index (χ2n) is 3.06. The summed E-state index contributed by atoms with van der Waals surface area (Å²) in [7, 11) is 0. The van der Waals surface area contributed by atoms with E-state index in [1.807, 2.05) is 0 Å². The number of hydrogen-bond donors (Lipinski definition) is 2. The van der Waals surface area contributed by atoms with Gasteiger partial charge in [0.05, 0.1) is 6.04 Å². The zero-order chi connectivity index (χ0) is 11.6. The van der Waals surface area contributed by atoms with Gasteiger partial charge in [0, 0.05) is 9.50 Å². The largest absolute Gasteiger partial charge is 0.390 e. The Hall–Kier alpha value is 0.0600. The monoisotopic (exact) mass is 335 g/mol. The van der Waals surface area contributed by atoms with Gasteiger partial charge >= 0.3 is 0 Å². The molecule has 92 valence electrons. The average molecular weight is 337 g/mol. The van der Waals surface area contributed by atoms with Crippen molar-refractivity contribution in [1.29, 1.82) is 0 Å². The molecule has 0 saturated heterocycles. The zero-order valence-corrected chi connectivity index (χ0v) is 11.1. The van der Waals surface area contributed by atoms with Crippen LogP contribution in [-0.2, 0) is 0 Å². The predicted octanol–water partition coefficient (Wildman–Crippen LogP) is 3.15. The smallest absolute Gasteiger partial charge is 0.289 e. The van der Waals surface area contributed by atoms with E-state index in [0.717, 1.165) is 0 Å². The lowest BCUT2D eigenvalue weighted by molar-refractivity contribution is -0.0713. The van der Waals surface area contributed by atoms with Crippen LogP contribution >= 0.6 is 39.9 Å². The summed E-state index contributed by atoms with van der Waals surface area (Å²) in [6.07, 6.45) is 0. The summed E-state index contributed by atoms with van der Waals surface area (Å²) in [5.41, 5.74) is 5.52. The van der Waals surface area contributed by atoms with Crippen molar-refractivity contribution in [2.75, 3.05) is 6.61 Å². The lowest BCUT2D eigenvalue weighted by Crippen LogP contribution is -2.36. The number of alkyl halides is 2. The van der Waals surface area contributed by atoms with Crippen molar-refractivity contribution < 1.29 is 13.9 Å². The van der Waals surface area contributed by atoms with E-state index < -0.39 is 18.6 Å². The van der Waals surface area contributed by atoms with E-state index in [1.165, 1.54) is 12.1 Å². The van der Waals surface area contributed by atoms with Gasteiger partial charge in [-0.3, -0.25) is 0 Å². The zero-order valence-electron chi connectivity index (χ0n) is 7.96. The van der Waals surface area contributed by atoms with Gasteiger partial charge in [-0.05, 0) is 23.8 Å². The highest BCUT2D eigenvalue weighted by Crippen LogP contribution is 2.34. The van der Waals surface area contributed by atoms with E-state index in [9.17, 15) is 8.78 Å². The topological polar surface area (TPSA) is 46.2 Å². The van der Waals surface area contributed by atoms with Crippen LogP contribution in [0.4, 0.5) is 8.78 Å². The molecule has 0 spiro atoms. The number of aliphatic hydroxyl groups excluding tert-OH is 1. The van der Waals surface area contributed by atoms with E-state index in [-0.39, 0.29) is 18.0 Å². The van der Waals surface area contributed by atoms with Crippen LogP contribution in [-0.4, -0.2) is 17.6 Å². The van der Waals surface area contributed by atoms with Crippen molar-refractivity contribution in [2.24, 2.45) is 5.73 Å². The summed E-state index contributed by atoms with van der Waals surface area (Å²) in [6, 6.07) is 2.85. The molecular weight excluding hydrogens is 327 g/mol. The van der Waals surface area contributed by atoms with Crippen LogP contribution in [0, 0.1) is 0 Å². The minimum absolute atomic E-state index is 0. The van der Waals surface area contributed by atoms with E-state index >= 15 is 0 Å². The molecule has 16 heavy (non-hydrogen) atoms. The molecule has 1 atom stereocenters. The number of rotatable bonds is 3. The molecule has 0 fully saturated rings. The Morgan fingerprint density at radius 3 is 2.56 bits per heavy atom. The Bertz CT molecular complexity index is 365. The number of nitrogens with two attached hydrogens (primary N) is 1. The number of aliphatic hydroxyl groups is 1. The molecule has 0 aliphatic heterocycles. The second kappa shape index (κ2) is 6.12. The first kappa shape index (κ1) is 16.1. The van der Waals surface area contributed by atoms with Crippen molar-refractivity contribution in [2.45, 2.75) is 12.0 Å². The van der Waals surface area contributed by atoms with E-state index in [1.54, 1.807) is 6.07 Å². The Morgan fingerprint density at radius 1 is 1.50 bits per heavy atom. The molecule has 0 aliphatic rings. The molecule has 1 rings (SSSR count). The van der Waals surface area contributed by atoms with Crippen LogP contribution in [0.3, 0.4) is 0 Å². The van der Waals surface area contributed by atoms with E-state index in [0.29, 0.717) is 9.50 Å². The Labute approximate surface area is 111 Å². The highest BCUT2D eigenvalue weighted by atomic mass is 79.9. The third kappa shape index (κ3) is 3.53. The van der Waals surface area contributed by atoms with Gasteiger partial charge < -0.3 is 10.8 Å². The van der Waals surface area contributed by atoms with Gasteiger partial charge in [0.25, 0.3) is 5.92 Å². The third-order valence-corrected chi connectivity index (χ3v) is 2.92. The van der Waals surface area contributed by atoms with Crippen molar-refractivity contribution in [3.63, 3.8) is 0 Å². The molecule has 7 heteroatoms. The van der Waals surface area contributed by atoms with Gasteiger partial charge in [-0.1, -0.05) is 27.5 Å². The second-order valence-corrected chi connectivity index (χ2v) is 4.35.